The van der Waals surface area contributed by atoms with Crippen molar-refractivity contribution in [2.24, 2.45) is 0 Å². The first-order valence-electron chi connectivity index (χ1n) is 3.14. The molecule has 0 saturated carbocycles. The van der Waals surface area contributed by atoms with Crippen molar-refractivity contribution >= 4 is 15.9 Å². The standard InChI is InChI=1S/C7H5BrF3N/c8-3-6-4(9)1-2-5(12-6)7(10)11/h1-2,7H,3H2. The number of hydrogen-bond acceptors (Lipinski definition) is 1. The first kappa shape index (κ1) is 9.51. The van der Waals surface area contributed by atoms with Crippen LogP contribution in [-0.2, 0) is 5.33 Å². The molecule has 0 radical (unpaired) electrons. The smallest absolute Gasteiger partial charge is 0.248 e. The van der Waals surface area contributed by atoms with Crippen molar-refractivity contribution in [2.45, 2.75) is 11.8 Å². The summed E-state index contributed by atoms with van der Waals surface area (Å²) in [6, 6.07) is 1.97. The van der Waals surface area contributed by atoms with Gasteiger partial charge in [-0.2, -0.15) is 0 Å². The zero-order valence-electron chi connectivity index (χ0n) is 5.90. The Morgan fingerprint density at radius 3 is 2.58 bits per heavy atom. The molecule has 0 unspecified atom stereocenters. The van der Waals surface area contributed by atoms with Crippen LogP contribution in [-0.4, -0.2) is 4.98 Å². The summed E-state index contributed by atoms with van der Waals surface area (Å²) in [7, 11) is 0. The van der Waals surface area contributed by atoms with Gasteiger partial charge in [0.05, 0.1) is 5.69 Å². The van der Waals surface area contributed by atoms with Crippen molar-refractivity contribution in [3.8, 4) is 0 Å². The number of nitrogens with zero attached hydrogens (tertiary/aromatic N) is 1. The van der Waals surface area contributed by atoms with Gasteiger partial charge in [0, 0.05) is 5.33 Å². The monoisotopic (exact) mass is 239 g/mol. The van der Waals surface area contributed by atoms with E-state index in [2.05, 4.69) is 20.9 Å². The third kappa shape index (κ3) is 1.97. The maximum Gasteiger partial charge on any atom is 0.280 e. The molecule has 0 N–H and O–H groups in total. The molecule has 0 amide bonds. The lowest BCUT2D eigenvalue weighted by Crippen LogP contribution is -1.97. The molecule has 0 aromatic carbocycles. The van der Waals surface area contributed by atoms with Gasteiger partial charge in [0.15, 0.2) is 0 Å². The Kier molecular flexibility index (Phi) is 3.08. The lowest BCUT2D eigenvalue weighted by atomic mass is 10.3. The molecule has 0 aliphatic heterocycles. The van der Waals surface area contributed by atoms with Crippen LogP contribution in [0.5, 0.6) is 0 Å². The molecule has 0 aliphatic carbocycles. The van der Waals surface area contributed by atoms with Crippen LogP contribution >= 0.6 is 15.9 Å². The highest BCUT2D eigenvalue weighted by Gasteiger charge is 2.11. The van der Waals surface area contributed by atoms with E-state index in [1.807, 2.05) is 0 Å². The van der Waals surface area contributed by atoms with Gasteiger partial charge in [0.2, 0.25) is 0 Å². The van der Waals surface area contributed by atoms with Crippen molar-refractivity contribution in [1.82, 2.24) is 4.98 Å². The van der Waals surface area contributed by atoms with E-state index in [4.69, 9.17) is 0 Å². The number of halogens is 4. The summed E-state index contributed by atoms with van der Waals surface area (Å²) >= 11 is 2.94. The SMILES string of the molecule is Fc1ccc(C(F)F)nc1CBr. The molecule has 12 heavy (non-hydrogen) atoms. The quantitative estimate of drug-likeness (QED) is 0.724. The number of hydrogen-bond donors (Lipinski definition) is 0. The highest BCUT2D eigenvalue weighted by atomic mass is 79.9. The van der Waals surface area contributed by atoms with Crippen LogP contribution in [0.15, 0.2) is 12.1 Å². The molecule has 0 spiro atoms. The van der Waals surface area contributed by atoms with E-state index in [1.165, 1.54) is 0 Å². The predicted octanol–water partition coefficient (Wildman–Crippen LogP) is 3.05. The maximum atomic E-state index is 12.7. The summed E-state index contributed by atoms with van der Waals surface area (Å²) in [6.45, 7) is 0. The second-order valence-electron chi connectivity index (χ2n) is 2.10. The lowest BCUT2D eigenvalue weighted by Gasteiger charge is -2.01. The molecule has 66 valence electrons. The first-order chi connectivity index (χ1) is 5.65. The molecule has 0 fully saturated rings. The number of aromatic nitrogens is 1. The van der Waals surface area contributed by atoms with Gasteiger partial charge < -0.3 is 0 Å². The molecule has 1 aromatic heterocycles. The van der Waals surface area contributed by atoms with E-state index in [-0.39, 0.29) is 11.0 Å². The third-order valence-electron chi connectivity index (χ3n) is 1.29. The fraction of sp³-hybridized carbons (Fsp3) is 0.286. The van der Waals surface area contributed by atoms with Gasteiger partial charge in [0.25, 0.3) is 6.43 Å². The molecular weight excluding hydrogens is 235 g/mol. The van der Waals surface area contributed by atoms with E-state index in [9.17, 15) is 13.2 Å². The minimum absolute atomic E-state index is 0.00722. The van der Waals surface area contributed by atoms with Crippen LogP contribution in [0.4, 0.5) is 13.2 Å². The Balaban J connectivity index is 3.05. The summed E-state index contributed by atoms with van der Waals surface area (Å²) < 4.78 is 36.7. The van der Waals surface area contributed by atoms with E-state index < -0.39 is 17.9 Å². The van der Waals surface area contributed by atoms with E-state index >= 15 is 0 Å². The van der Waals surface area contributed by atoms with Crippen molar-refractivity contribution in [3.63, 3.8) is 0 Å². The summed E-state index contributed by atoms with van der Waals surface area (Å²) in [5.41, 5.74) is -0.390. The van der Waals surface area contributed by atoms with E-state index in [0.717, 1.165) is 12.1 Å². The summed E-state index contributed by atoms with van der Waals surface area (Å²) in [6.07, 6.45) is -2.65. The fourth-order valence-electron chi connectivity index (χ4n) is 0.716. The Hall–Kier alpha value is -0.580. The van der Waals surface area contributed by atoms with Gasteiger partial charge >= 0.3 is 0 Å². The zero-order valence-corrected chi connectivity index (χ0v) is 7.48. The average Bonchev–Trinajstić information content (AvgIpc) is 2.05. The largest absolute Gasteiger partial charge is 0.280 e. The van der Waals surface area contributed by atoms with Crippen LogP contribution in [0, 0.1) is 5.82 Å². The van der Waals surface area contributed by atoms with Crippen molar-refractivity contribution in [2.75, 3.05) is 0 Å². The van der Waals surface area contributed by atoms with Gasteiger partial charge in [0.1, 0.15) is 11.5 Å². The molecule has 0 bridgehead atoms. The molecule has 1 nitrogen and oxygen atoms in total. The summed E-state index contributed by atoms with van der Waals surface area (Å²) in [5.74, 6) is -0.573. The number of alkyl halides is 3. The first-order valence-corrected chi connectivity index (χ1v) is 4.26. The second kappa shape index (κ2) is 3.89. The molecule has 1 aromatic rings. The van der Waals surface area contributed by atoms with Crippen molar-refractivity contribution < 1.29 is 13.2 Å². The minimum Gasteiger partial charge on any atom is -0.248 e. The normalized spacial score (nSPS) is 10.8. The van der Waals surface area contributed by atoms with Crippen molar-refractivity contribution in [3.05, 3.63) is 29.3 Å². The van der Waals surface area contributed by atoms with Crippen LogP contribution in [0.3, 0.4) is 0 Å². The highest BCUT2D eigenvalue weighted by Crippen LogP contribution is 2.18. The van der Waals surface area contributed by atoms with Gasteiger partial charge in [-0.15, -0.1) is 0 Å². The van der Waals surface area contributed by atoms with E-state index in [0.29, 0.717) is 0 Å². The average molecular weight is 240 g/mol. The van der Waals surface area contributed by atoms with Gasteiger partial charge in [-0.05, 0) is 12.1 Å². The van der Waals surface area contributed by atoms with Crippen LogP contribution < -0.4 is 0 Å². The Labute approximate surface area is 75.7 Å². The zero-order chi connectivity index (χ0) is 9.14. The Morgan fingerprint density at radius 1 is 1.42 bits per heavy atom. The fourth-order valence-corrected chi connectivity index (χ4v) is 1.11. The number of pyridine rings is 1. The second-order valence-corrected chi connectivity index (χ2v) is 2.66. The van der Waals surface area contributed by atoms with Crippen LogP contribution in [0.25, 0.3) is 0 Å². The lowest BCUT2D eigenvalue weighted by molar-refractivity contribution is 0.145. The summed E-state index contributed by atoms with van der Waals surface area (Å²) in [5, 5.41) is 0.138. The van der Waals surface area contributed by atoms with Crippen molar-refractivity contribution in [1.29, 1.82) is 0 Å². The van der Waals surface area contributed by atoms with Gasteiger partial charge in [-0.25, -0.2) is 18.2 Å². The highest BCUT2D eigenvalue weighted by molar-refractivity contribution is 9.08. The molecule has 5 heteroatoms. The molecular formula is C7H5BrF3N. The molecule has 0 saturated heterocycles. The molecule has 1 rings (SSSR count). The topological polar surface area (TPSA) is 12.9 Å². The van der Waals surface area contributed by atoms with Gasteiger partial charge in [-0.3, -0.25) is 0 Å². The number of rotatable bonds is 2. The van der Waals surface area contributed by atoms with Crippen LogP contribution in [0.2, 0.25) is 0 Å². The summed E-state index contributed by atoms with van der Waals surface area (Å²) in [4.78, 5) is 3.42. The predicted molar refractivity (Wildman–Crippen MR) is 41.8 cm³/mol. The third-order valence-corrected chi connectivity index (χ3v) is 1.82. The molecule has 0 aliphatic rings. The Bertz CT molecular complexity index is 277. The maximum absolute atomic E-state index is 12.7. The molecule has 0 atom stereocenters. The minimum atomic E-state index is -2.65. The molecule has 1 heterocycles. The van der Waals surface area contributed by atoms with E-state index in [1.54, 1.807) is 0 Å². The van der Waals surface area contributed by atoms with Crippen LogP contribution in [0.1, 0.15) is 17.8 Å². The Morgan fingerprint density at radius 2 is 2.08 bits per heavy atom. The van der Waals surface area contributed by atoms with Gasteiger partial charge in [-0.1, -0.05) is 15.9 Å².